The average molecular weight is 221 g/mol. The first kappa shape index (κ1) is 11.7. The van der Waals surface area contributed by atoms with Crippen molar-refractivity contribution in [1.29, 1.82) is 0 Å². The molecule has 1 rings (SSSR count). The molecule has 0 bridgehead atoms. The van der Waals surface area contributed by atoms with Gasteiger partial charge in [0.2, 0.25) is 0 Å². The maximum Gasteiger partial charge on any atom is 0.337 e. The number of benzene rings is 1. The summed E-state index contributed by atoms with van der Waals surface area (Å²) in [5, 5.41) is 3.57. The lowest BCUT2D eigenvalue weighted by Gasteiger charge is -1.98. The van der Waals surface area contributed by atoms with E-state index in [2.05, 4.69) is 15.3 Å². The van der Waals surface area contributed by atoms with Crippen LogP contribution in [-0.4, -0.2) is 25.3 Å². The minimum Gasteiger partial charge on any atom is -0.465 e. The van der Waals surface area contributed by atoms with Gasteiger partial charge in [-0.15, -0.1) is 0 Å². The molecule has 0 aliphatic carbocycles. The molecule has 0 aromatic heterocycles. The zero-order valence-electron chi connectivity index (χ0n) is 8.64. The summed E-state index contributed by atoms with van der Waals surface area (Å²) < 4.78 is 4.54. The number of rotatable bonds is 3. The predicted molar refractivity (Wildman–Crippen MR) is 58.1 cm³/mol. The molecular formula is C10H11N3O3. The van der Waals surface area contributed by atoms with Crippen LogP contribution in [0, 0.1) is 0 Å². The van der Waals surface area contributed by atoms with Crippen LogP contribution in [0.5, 0.6) is 0 Å². The van der Waals surface area contributed by atoms with E-state index in [4.69, 9.17) is 5.73 Å². The van der Waals surface area contributed by atoms with E-state index >= 15 is 0 Å². The fourth-order valence-electron chi connectivity index (χ4n) is 0.994. The molecule has 0 unspecified atom stereocenters. The van der Waals surface area contributed by atoms with Gasteiger partial charge in [0.25, 0.3) is 0 Å². The first-order chi connectivity index (χ1) is 7.63. The summed E-state index contributed by atoms with van der Waals surface area (Å²) in [4.78, 5) is 21.4. The Kier molecular flexibility index (Phi) is 4.02. The van der Waals surface area contributed by atoms with Crippen molar-refractivity contribution in [2.45, 2.75) is 0 Å². The number of nitrogens with zero attached hydrogens (tertiary/aromatic N) is 1. The maximum absolute atomic E-state index is 11.1. The number of amides is 2. The summed E-state index contributed by atoms with van der Waals surface area (Å²) in [7, 11) is 1.31. The second-order valence-corrected chi connectivity index (χ2v) is 2.85. The second-order valence-electron chi connectivity index (χ2n) is 2.85. The number of hydrogen-bond donors (Lipinski definition) is 2. The van der Waals surface area contributed by atoms with Gasteiger partial charge >= 0.3 is 12.0 Å². The van der Waals surface area contributed by atoms with Crippen LogP contribution in [0.2, 0.25) is 0 Å². The second kappa shape index (κ2) is 5.50. The number of methoxy groups -OCH3 is 1. The van der Waals surface area contributed by atoms with E-state index in [0.29, 0.717) is 5.56 Å². The zero-order chi connectivity index (χ0) is 12.0. The van der Waals surface area contributed by atoms with Gasteiger partial charge in [-0.25, -0.2) is 15.0 Å². The molecule has 0 aliphatic heterocycles. The lowest BCUT2D eigenvalue weighted by Crippen LogP contribution is -2.24. The highest BCUT2D eigenvalue weighted by Crippen LogP contribution is 2.03. The van der Waals surface area contributed by atoms with Crippen molar-refractivity contribution in [2.24, 2.45) is 10.8 Å². The van der Waals surface area contributed by atoms with E-state index in [-0.39, 0.29) is 0 Å². The number of carbonyl (C=O) groups excluding carboxylic acids is 2. The highest BCUT2D eigenvalue weighted by molar-refractivity contribution is 5.90. The SMILES string of the molecule is COC(=O)c1ccc(C=NNC(N)=O)cc1. The molecule has 1 aromatic carbocycles. The topological polar surface area (TPSA) is 93.8 Å². The van der Waals surface area contributed by atoms with Crippen LogP contribution in [0.1, 0.15) is 15.9 Å². The van der Waals surface area contributed by atoms with Gasteiger partial charge in [-0.3, -0.25) is 0 Å². The Bertz CT molecular complexity index is 412. The average Bonchev–Trinajstić information content (AvgIpc) is 2.28. The first-order valence-electron chi connectivity index (χ1n) is 4.40. The van der Waals surface area contributed by atoms with Crippen molar-refractivity contribution < 1.29 is 14.3 Å². The molecule has 1 aromatic rings. The summed E-state index contributed by atoms with van der Waals surface area (Å²) >= 11 is 0. The fraction of sp³-hybridized carbons (Fsp3) is 0.100. The number of urea groups is 1. The highest BCUT2D eigenvalue weighted by Gasteiger charge is 2.03. The first-order valence-corrected chi connectivity index (χ1v) is 4.40. The van der Waals surface area contributed by atoms with Gasteiger partial charge in [0, 0.05) is 0 Å². The molecule has 6 heteroatoms. The molecule has 0 heterocycles. The number of nitrogens with one attached hydrogen (secondary N) is 1. The molecule has 0 saturated heterocycles. The van der Waals surface area contributed by atoms with Gasteiger partial charge in [-0.2, -0.15) is 5.10 Å². The molecule has 2 amide bonds. The monoisotopic (exact) mass is 221 g/mol. The summed E-state index contributed by atoms with van der Waals surface area (Å²) in [5.74, 6) is -0.404. The minimum absolute atomic E-state index is 0.404. The number of hydrazone groups is 1. The third kappa shape index (κ3) is 3.41. The van der Waals surface area contributed by atoms with Gasteiger partial charge in [0.05, 0.1) is 18.9 Å². The smallest absolute Gasteiger partial charge is 0.337 e. The highest BCUT2D eigenvalue weighted by atomic mass is 16.5. The minimum atomic E-state index is -0.734. The van der Waals surface area contributed by atoms with Crippen molar-refractivity contribution in [2.75, 3.05) is 7.11 Å². The van der Waals surface area contributed by atoms with Crippen LogP contribution >= 0.6 is 0 Å². The van der Waals surface area contributed by atoms with Gasteiger partial charge in [0.1, 0.15) is 0 Å². The van der Waals surface area contributed by atoms with Crippen LogP contribution in [0.15, 0.2) is 29.4 Å². The molecule has 84 valence electrons. The molecule has 3 N–H and O–H groups in total. The normalized spacial score (nSPS) is 10.1. The molecule has 16 heavy (non-hydrogen) atoms. The molecule has 0 atom stereocenters. The zero-order valence-corrected chi connectivity index (χ0v) is 8.64. The van der Waals surface area contributed by atoms with Crippen molar-refractivity contribution in [3.63, 3.8) is 0 Å². The lowest BCUT2D eigenvalue weighted by atomic mass is 10.1. The number of nitrogens with two attached hydrogens (primary N) is 1. The van der Waals surface area contributed by atoms with Crippen LogP contribution < -0.4 is 11.2 Å². The van der Waals surface area contributed by atoms with Gasteiger partial charge < -0.3 is 10.5 Å². The van der Waals surface area contributed by atoms with Crippen LogP contribution in [0.4, 0.5) is 4.79 Å². The summed E-state index contributed by atoms with van der Waals surface area (Å²) in [6, 6.07) is 5.79. The predicted octanol–water partition coefficient (Wildman–Crippen LogP) is 0.475. The number of carbonyl (C=O) groups is 2. The Morgan fingerprint density at radius 2 is 2.00 bits per heavy atom. The van der Waals surface area contributed by atoms with E-state index in [1.54, 1.807) is 24.3 Å². The maximum atomic E-state index is 11.1. The molecule has 0 saturated carbocycles. The Labute approximate surface area is 92.1 Å². The molecule has 0 fully saturated rings. The fourth-order valence-corrected chi connectivity index (χ4v) is 0.994. The van der Waals surface area contributed by atoms with E-state index in [1.807, 2.05) is 0 Å². The number of hydrogen-bond acceptors (Lipinski definition) is 4. The molecule has 6 nitrogen and oxygen atoms in total. The van der Waals surface area contributed by atoms with E-state index in [1.165, 1.54) is 13.3 Å². The quantitative estimate of drug-likeness (QED) is 0.441. The van der Waals surface area contributed by atoms with Gasteiger partial charge in [0.15, 0.2) is 0 Å². The van der Waals surface area contributed by atoms with Gasteiger partial charge in [-0.05, 0) is 17.7 Å². The Balaban J connectivity index is 2.68. The van der Waals surface area contributed by atoms with E-state index in [9.17, 15) is 9.59 Å². The summed E-state index contributed by atoms with van der Waals surface area (Å²) in [6.45, 7) is 0. The third-order valence-electron chi connectivity index (χ3n) is 1.72. The van der Waals surface area contributed by atoms with Crippen molar-refractivity contribution >= 4 is 18.2 Å². The van der Waals surface area contributed by atoms with E-state index in [0.717, 1.165) is 5.56 Å². The summed E-state index contributed by atoms with van der Waals surface area (Å²) in [6.07, 6.45) is 1.41. The number of primary amides is 1. The number of ether oxygens (including phenoxy) is 1. The molecular weight excluding hydrogens is 210 g/mol. The molecule has 0 aliphatic rings. The van der Waals surface area contributed by atoms with Gasteiger partial charge in [-0.1, -0.05) is 12.1 Å². The van der Waals surface area contributed by atoms with Crippen molar-refractivity contribution in [3.8, 4) is 0 Å². The van der Waals surface area contributed by atoms with E-state index < -0.39 is 12.0 Å². The lowest BCUT2D eigenvalue weighted by molar-refractivity contribution is 0.0600. The van der Waals surface area contributed by atoms with Crippen LogP contribution in [0.3, 0.4) is 0 Å². The standard InChI is InChI=1S/C10H11N3O3/c1-16-9(14)8-4-2-7(3-5-8)6-12-13-10(11)15/h2-6H,1H3,(H3,11,13,15). The van der Waals surface area contributed by atoms with Crippen LogP contribution in [-0.2, 0) is 4.74 Å². The Morgan fingerprint density at radius 3 is 2.50 bits per heavy atom. The third-order valence-corrected chi connectivity index (χ3v) is 1.72. The van der Waals surface area contributed by atoms with Crippen molar-refractivity contribution in [3.05, 3.63) is 35.4 Å². The van der Waals surface area contributed by atoms with Crippen LogP contribution in [0.25, 0.3) is 0 Å². The summed E-state index contributed by atoms with van der Waals surface area (Å²) in [5.41, 5.74) is 8.04. The van der Waals surface area contributed by atoms with Crippen molar-refractivity contribution in [1.82, 2.24) is 5.43 Å². The largest absolute Gasteiger partial charge is 0.465 e. The number of esters is 1. The molecule has 0 radical (unpaired) electrons. The molecule has 0 spiro atoms. The Hall–Kier alpha value is -2.37. The Morgan fingerprint density at radius 1 is 1.38 bits per heavy atom.